The molecule has 0 saturated carbocycles. The zero-order chi connectivity index (χ0) is 17.6. The second-order valence-electron chi connectivity index (χ2n) is 6.55. The van der Waals surface area contributed by atoms with E-state index in [1.807, 2.05) is 24.3 Å². The van der Waals surface area contributed by atoms with Crippen LogP contribution in [0.5, 0.6) is 0 Å². The Morgan fingerprint density at radius 2 is 1.88 bits per heavy atom. The molecule has 25 heavy (non-hydrogen) atoms. The molecule has 2 aromatic rings. The molecule has 1 saturated heterocycles. The summed E-state index contributed by atoms with van der Waals surface area (Å²) in [6, 6.07) is 21.1. The predicted octanol–water partition coefficient (Wildman–Crippen LogP) is 3.47. The van der Waals surface area contributed by atoms with Crippen molar-refractivity contribution in [1.29, 1.82) is 10.5 Å². The monoisotopic (exact) mass is 330 g/mol. The maximum absolute atomic E-state index is 9.04. The molecule has 1 atom stereocenters. The van der Waals surface area contributed by atoms with Gasteiger partial charge in [0, 0.05) is 31.4 Å². The summed E-state index contributed by atoms with van der Waals surface area (Å²) in [7, 11) is 0. The summed E-state index contributed by atoms with van der Waals surface area (Å²) in [6.45, 7) is 5.33. The zero-order valence-electron chi connectivity index (χ0n) is 14.5. The van der Waals surface area contributed by atoms with Crippen molar-refractivity contribution in [2.45, 2.75) is 25.9 Å². The van der Waals surface area contributed by atoms with Gasteiger partial charge in [-0.2, -0.15) is 10.5 Å². The number of hydrogen-bond acceptors (Lipinski definition) is 4. The van der Waals surface area contributed by atoms with Crippen LogP contribution in [0.15, 0.2) is 48.5 Å². The second-order valence-corrected chi connectivity index (χ2v) is 6.55. The molecule has 0 aromatic heterocycles. The van der Waals surface area contributed by atoms with Crippen LogP contribution >= 0.6 is 0 Å². The third-order valence-corrected chi connectivity index (χ3v) is 4.91. The van der Waals surface area contributed by atoms with Crippen molar-refractivity contribution in [3.8, 4) is 12.1 Å². The number of hydrogen-bond donors (Lipinski definition) is 0. The highest BCUT2D eigenvalue weighted by atomic mass is 15.3. The van der Waals surface area contributed by atoms with Gasteiger partial charge < -0.3 is 4.90 Å². The third kappa shape index (κ3) is 3.99. The lowest BCUT2D eigenvalue weighted by Crippen LogP contribution is -2.37. The molecule has 0 bridgehead atoms. The highest BCUT2D eigenvalue weighted by molar-refractivity contribution is 5.51. The van der Waals surface area contributed by atoms with E-state index in [0.29, 0.717) is 18.2 Å². The first kappa shape index (κ1) is 17.0. The Kier molecular flexibility index (Phi) is 5.33. The van der Waals surface area contributed by atoms with Gasteiger partial charge in [0.25, 0.3) is 0 Å². The van der Waals surface area contributed by atoms with Crippen LogP contribution < -0.4 is 4.90 Å². The van der Waals surface area contributed by atoms with Crippen molar-refractivity contribution in [3.63, 3.8) is 0 Å². The van der Waals surface area contributed by atoms with E-state index < -0.39 is 0 Å². The molecule has 0 spiro atoms. The van der Waals surface area contributed by atoms with E-state index in [1.54, 1.807) is 0 Å². The highest BCUT2D eigenvalue weighted by Crippen LogP contribution is 2.26. The molecule has 1 fully saturated rings. The quantitative estimate of drug-likeness (QED) is 0.788. The SMILES string of the molecule is Cc1ccccc1CN(c1ccc(C#N)cc1)[C@H]1CCN(CC#N)C1. The fourth-order valence-electron chi connectivity index (χ4n) is 3.44. The molecule has 1 aliphatic rings. The van der Waals surface area contributed by atoms with Gasteiger partial charge >= 0.3 is 0 Å². The van der Waals surface area contributed by atoms with Crippen LogP contribution in [0.2, 0.25) is 0 Å². The molecular formula is C21H22N4. The largest absolute Gasteiger partial charge is 0.363 e. The Hall–Kier alpha value is -2.82. The number of aryl methyl sites for hydroxylation is 1. The molecule has 0 radical (unpaired) electrons. The van der Waals surface area contributed by atoms with Crippen LogP contribution in [-0.2, 0) is 6.54 Å². The van der Waals surface area contributed by atoms with Gasteiger partial charge in [0.2, 0.25) is 0 Å². The van der Waals surface area contributed by atoms with E-state index in [2.05, 4.69) is 53.1 Å². The van der Waals surface area contributed by atoms with Gasteiger partial charge in [0.05, 0.1) is 24.2 Å². The molecule has 4 nitrogen and oxygen atoms in total. The molecule has 1 aliphatic heterocycles. The fraction of sp³-hybridized carbons (Fsp3) is 0.333. The second kappa shape index (κ2) is 7.83. The molecule has 1 heterocycles. The summed E-state index contributed by atoms with van der Waals surface area (Å²) in [5.74, 6) is 0. The summed E-state index contributed by atoms with van der Waals surface area (Å²) in [5.41, 5.74) is 4.40. The Labute approximate surface area is 149 Å². The number of likely N-dealkylation sites (tertiary alicyclic amines) is 1. The third-order valence-electron chi connectivity index (χ3n) is 4.91. The van der Waals surface area contributed by atoms with Gasteiger partial charge in [0.1, 0.15) is 0 Å². The first-order valence-corrected chi connectivity index (χ1v) is 8.62. The van der Waals surface area contributed by atoms with E-state index >= 15 is 0 Å². The van der Waals surface area contributed by atoms with Gasteiger partial charge in [-0.15, -0.1) is 0 Å². The number of rotatable bonds is 5. The average Bonchev–Trinajstić information content (AvgIpc) is 3.10. The molecule has 0 aliphatic carbocycles. The lowest BCUT2D eigenvalue weighted by Gasteiger charge is -2.32. The molecule has 4 heteroatoms. The van der Waals surface area contributed by atoms with Crippen molar-refractivity contribution in [2.24, 2.45) is 0 Å². The van der Waals surface area contributed by atoms with Crippen molar-refractivity contribution in [1.82, 2.24) is 4.90 Å². The zero-order valence-corrected chi connectivity index (χ0v) is 14.5. The van der Waals surface area contributed by atoms with Crippen molar-refractivity contribution in [2.75, 3.05) is 24.5 Å². The first-order chi connectivity index (χ1) is 12.2. The highest BCUT2D eigenvalue weighted by Gasteiger charge is 2.28. The van der Waals surface area contributed by atoms with Crippen molar-refractivity contribution in [3.05, 3.63) is 65.2 Å². The average molecular weight is 330 g/mol. The molecular weight excluding hydrogens is 308 g/mol. The van der Waals surface area contributed by atoms with Gasteiger partial charge in [-0.1, -0.05) is 24.3 Å². The molecule has 0 unspecified atom stereocenters. The van der Waals surface area contributed by atoms with Crippen LogP contribution in [0.25, 0.3) is 0 Å². The molecule has 0 N–H and O–H groups in total. The Balaban J connectivity index is 1.87. The smallest absolute Gasteiger partial charge is 0.0991 e. The molecule has 126 valence electrons. The summed E-state index contributed by atoms with van der Waals surface area (Å²) < 4.78 is 0. The van der Waals surface area contributed by atoms with Gasteiger partial charge in [-0.25, -0.2) is 0 Å². The van der Waals surface area contributed by atoms with Crippen LogP contribution in [0.4, 0.5) is 5.69 Å². The number of nitrogens with zero attached hydrogens (tertiary/aromatic N) is 4. The van der Waals surface area contributed by atoms with E-state index in [0.717, 1.165) is 31.7 Å². The fourth-order valence-corrected chi connectivity index (χ4v) is 3.44. The Morgan fingerprint density at radius 3 is 2.56 bits per heavy atom. The standard InChI is InChI=1S/C21H22N4/c1-17-4-2-3-5-19(17)15-25(20-8-6-18(14-23)7-9-20)21-10-12-24(16-21)13-11-22/h2-9,21H,10,12-13,15-16H2,1H3/t21-/m0/s1. The predicted molar refractivity (Wildman–Crippen MR) is 99.0 cm³/mol. The minimum absolute atomic E-state index is 0.376. The van der Waals surface area contributed by atoms with Crippen molar-refractivity contribution >= 4 is 5.69 Å². The van der Waals surface area contributed by atoms with E-state index in [-0.39, 0.29) is 0 Å². The lowest BCUT2D eigenvalue weighted by molar-refractivity contribution is 0.373. The van der Waals surface area contributed by atoms with E-state index in [1.165, 1.54) is 11.1 Å². The maximum atomic E-state index is 9.04. The summed E-state index contributed by atoms with van der Waals surface area (Å²) in [4.78, 5) is 4.63. The van der Waals surface area contributed by atoms with Crippen LogP contribution in [0.3, 0.4) is 0 Å². The molecule has 0 amide bonds. The van der Waals surface area contributed by atoms with Crippen LogP contribution in [0.1, 0.15) is 23.1 Å². The topological polar surface area (TPSA) is 54.1 Å². The first-order valence-electron chi connectivity index (χ1n) is 8.62. The van der Waals surface area contributed by atoms with Crippen LogP contribution in [0, 0.1) is 29.6 Å². The molecule has 2 aromatic carbocycles. The van der Waals surface area contributed by atoms with E-state index in [4.69, 9.17) is 10.5 Å². The maximum Gasteiger partial charge on any atom is 0.0991 e. The van der Waals surface area contributed by atoms with Gasteiger partial charge in [0.15, 0.2) is 0 Å². The minimum Gasteiger partial charge on any atom is -0.363 e. The Bertz CT molecular complexity index is 798. The van der Waals surface area contributed by atoms with Crippen molar-refractivity contribution < 1.29 is 0 Å². The summed E-state index contributed by atoms with van der Waals surface area (Å²) in [6.07, 6.45) is 1.05. The Morgan fingerprint density at radius 1 is 1.12 bits per heavy atom. The van der Waals surface area contributed by atoms with E-state index in [9.17, 15) is 0 Å². The number of nitriles is 2. The molecule has 3 rings (SSSR count). The van der Waals surface area contributed by atoms with Gasteiger partial charge in [-0.05, 0) is 48.7 Å². The number of benzene rings is 2. The van der Waals surface area contributed by atoms with Crippen LogP contribution in [-0.4, -0.2) is 30.6 Å². The number of anilines is 1. The summed E-state index contributed by atoms with van der Waals surface area (Å²) in [5, 5.41) is 18.0. The normalized spacial score (nSPS) is 17.0. The minimum atomic E-state index is 0.376. The lowest BCUT2D eigenvalue weighted by atomic mass is 10.1. The van der Waals surface area contributed by atoms with Gasteiger partial charge in [-0.3, -0.25) is 4.90 Å². The summed E-state index contributed by atoms with van der Waals surface area (Å²) >= 11 is 0.